The molecular formula is C10H19IO. The first-order valence-corrected chi connectivity index (χ1v) is 6.45. The first kappa shape index (κ1) is 10.8. The largest absolute Gasteiger partial charge is 0.372 e. The van der Waals surface area contributed by atoms with Gasteiger partial charge in [0.1, 0.15) is 0 Å². The van der Waals surface area contributed by atoms with Gasteiger partial charge in [-0.05, 0) is 26.7 Å². The second-order valence-electron chi connectivity index (χ2n) is 4.04. The topological polar surface area (TPSA) is 9.23 Å². The van der Waals surface area contributed by atoms with Crippen molar-refractivity contribution >= 4 is 22.6 Å². The van der Waals surface area contributed by atoms with Gasteiger partial charge in [-0.1, -0.05) is 41.9 Å². The second kappa shape index (κ2) is 4.80. The molecule has 0 aromatic rings. The zero-order chi connectivity index (χ0) is 9.03. The molecule has 1 nitrogen and oxygen atoms in total. The van der Waals surface area contributed by atoms with Crippen LogP contribution in [-0.4, -0.2) is 16.1 Å². The highest BCUT2D eigenvalue weighted by molar-refractivity contribution is 14.1. The summed E-state index contributed by atoms with van der Waals surface area (Å²) < 4.78 is 7.18. The number of hydrogen-bond donors (Lipinski definition) is 0. The Labute approximate surface area is 89.4 Å². The van der Waals surface area contributed by atoms with Crippen molar-refractivity contribution in [3.63, 3.8) is 0 Å². The van der Waals surface area contributed by atoms with Crippen LogP contribution in [0.25, 0.3) is 0 Å². The number of halogens is 1. The molecule has 1 aliphatic carbocycles. The highest BCUT2D eigenvalue weighted by Crippen LogP contribution is 2.34. The molecular weight excluding hydrogens is 263 g/mol. The minimum atomic E-state index is 0.229. The van der Waals surface area contributed by atoms with Crippen LogP contribution in [0, 0.1) is 0 Å². The van der Waals surface area contributed by atoms with Crippen molar-refractivity contribution in [2.45, 2.75) is 57.7 Å². The Morgan fingerprint density at radius 3 is 2.25 bits per heavy atom. The van der Waals surface area contributed by atoms with E-state index in [0.29, 0.717) is 6.10 Å². The molecule has 1 fully saturated rings. The van der Waals surface area contributed by atoms with E-state index in [1.807, 2.05) is 0 Å². The summed E-state index contributed by atoms with van der Waals surface area (Å²) in [6.07, 6.45) is 7.05. The normalized spacial score (nSPS) is 23.0. The van der Waals surface area contributed by atoms with Gasteiger partial charge in [0.2, 0.25) is 0 Å². The zero-order valence-corrected chi connectivity index (χ0v) is 10.3. The van der Waals surface area contributed by atoms with Gasteiger partial charge < -0.3 is 4.74 Å². The lowest BCUT2D eigenvalue weighted by atomic mass is 9.86. The number of alkyl halides is 1. The van der Waals surface area contributed by atoms with E-state index in [-0.39, 0.29) is 5.60 Å². The minimum Gasteiger partial charge on any atom is -0.372 e. The van der Waals surface area contributed by atoms with E-state index >= 15 is 0 Å². The molecule has 0 spiro atoms. The fourth-order valence-electron chi connectivity index (χ4n) is 1.98. The van der Waals surface area contributed by atoms with Crippen LogP contribution in [0.5, 0.6) is 0 Å². The molecule has 2 heteroatoms. The van der Waals surface area contributed by atoms with Crippen molar-refractivity contribution in [3.8, 4) is 0 Å². The van der Waals surface area contributed by atoms with E-state index in [9.17, 15) is 0 Å². The van der Waals surface area contributed by atoms with Crippen LogP contribution in [0.3, 0.4) is 0 Å². The molecule has 0 aromatic carbocycles. The molecule has 0 unspecified atom stereocenters. The second-order valence-corrected chi connectivity index (χ2v) is 4.81. The van der Waals surface area contributed by atoms with Crippen LogP contribution in [0.15, 0.2) is 0 Å². The summed E-state index contributed by atoms with van der Waals surface area (Å²) in [5.74, 6) is 0. The maximum Gasteiger partial charge on any atom is 0.0775 e. The van der Waals surface area contributed by atoms with Gasteiger partial charge in [0.25, 0.3) is 0 Å². The summed E-state index contributed by atoms with van der Waals surface area (Å²) in [5.41, 5.74) is 0.229. The van der Waals surface area contributed by atoms with E-state index in [0.717, 1.165) is 4.43 Å². The van der Waals surface area contributed by atoms with Gasteiger partial charge in [-0.15, -0.1) is 0 Å². The molecule has 1 rings (SSSR count). The monoisotopic (exact) mass is 282 g/mol. The Hall–Kier alpha value is 0.690. The number of rotatable bonds is 3. The van der Waals surface area contributed by atoms with Gasteiger partial charge >= 0.3 is 0 Å². The van der Waals surface area contributed by atoms with Crippen LogP contribution in [-0.2, 0) is 4.74 Å². The Morgan fingerprint density at radius 2 is 1.83 bits per heavy atom. The molecule has 1 aliphatic rings. The van der Waals surface area contributed by atoms with Crippen molar-refractivity contribution < 1.29 is 4.74 Å². The third kappa shape index (κ3) is 2.87. The van der Waals surface area contributed by atoms with Crippen LogP contribution in [0.1, 0.15) is 46.0 Å². The molecule has 0 aromatic heterocycles. The van der Waals surface area contributed by atoms with E-state index in [2.05, 4.69) is 36.4 Å². The molecule has 0 saturated heterocycles. The van der Waals surface area contributed by atoms with Crippen molar-refractivity contribution in [2.75, 3.05) is 4.43 Å². The van der Waals surface area contributed by atoms with Crippen molar-refractivity contribution in [3.05, 3.63) is 0 Å². The van der Waals surface area contributed by atoms with Crippen molar-refractivity contribution in [1.82, 2.24) is 0 Å². The summed E-state index contributed by atoms with van der Waals surface area (Å²) in [7, 11) is 0. The number of ether oxygens (including phenoxy) is 1. The molecule has 0 aliphatic heterocycles. The van der Waals surface area contributed by atoms with Gasteiger partial charge in [-0.25, -0.2) is 0 Å². The summed E-state index contributed by atoms with van der Waals surface area (Å²) in [6.45, 7) is 4.28. The van der Waals surface area contributed by atoms with Crippen LogP contribution in [0.2, 0.25) is 0 Å². The highest BCUT2D eigenvalue weighted by Gasteiger charge is 2.32. The maximum atomic E-state index is 6.02. The Bertz CT molecular complexity index is 128. The summed E-state index contributed by atoms with van der Waals surface area (Å²) in [5, 5.41) is 0. The third-order valence-electron chi connectivity index (χ3n) is 2.49. The first-order chi connectivity index (χ1) is 5.68. The average molecular weight is 282 g/mol. The average Bonchev–Trinajstić information content (AvgIpc) is 2.05. The summed E-state index contributed by atoms with van der Waals surface area (Å²) >= 11 is 2.47. The molecule has 0 amide bonds. The lowest BCUT2D eigenvalue weighted by molar-refractivity contribution is -0.0829. The minimum absolute atomic E-state index is 0.229. The maximum absolute atomic E-state index is 6.02. The molecule has 0 heterocycles. The Morgan fingerprint density at radius 1 is 1.25 bits per heavy atom. The molecule has 1 saturated carbocycles. The Kier molecular flexibility index (Phi) is 4.30. The predicted octanol–water partition coefficient (Wildman–Crippen LogP) is 3.55. The molecule has 72 valence electrons. The molecule has 0 radical (unpaired) electrons. The fraction of sp³-hybridized carbons (Fsp3) is 1.00. The third-order valence-corrected chi connectivity index (χ3v) is 3.88. The highest BCUT2D eigenvalue weighted by atomic mass is 127. The number of hydrogen-bond acceptors (Lipinski definition) is 1. The van der Waals surface area contributed by atoms with Gasteiger partial charge in [0.05, 0.1) is 11.7 Å². The van der Waals surface area contributed by atoms with E-state index in [4.69, 9.17) is 4.74 Å². The molecule has 12 heavy (non-hydrogen) atoms. The lowest BCUT2D eigenvalue weighted by Crippen LogP contribution is -2.38. The smallest absolute Gasteiger partial charge is 0.0775 e. The van der Waals surface area contributed by atoms with Crippen molar-refractivity contribution in [1.29, 1.82) is 0 Å². The fourth-order valence-corrected chi connectivity index (χ4v) is 2.92. The van der Waals surface area contributed by atoms with E-state index in [1.54, 1.807) is 0 Å². The first-order valence-electron chi connectivity index (χ1n) is 4.92. The quantitative estimate of drug-likeness (QED) is 0.568. The van der Waals surface area contributed by atoms with Crippen LogP contribution in [0.4, 0.5) is 0 Å². The van der Waals surface area contributed by atoms with Gasteiger partial charge in [-0.3, -0.25) is 0 Å². The van der Waals surface area contributed by atoms with Crippen LogP contribution < -0.4 is 0 Å². The molecule has 0 N–H and O–H groups in total. The zero-order valence-electron chi connectivity index (χ0n) is 8.11. The van der Waals surface area contributed by atoms with Gasteiger partial charge in [0, 0.05) is 4.43 Å². The van der Waals surface area contributed by atoms with E-state index in [1.165, 1.54) is 32.1 Å². The standard InChI is InChI=1S/C10H19IO/c1-9(2)12-10(8-11)6-4-3-5-7-10/h9H,3-8H2,1-2H3. The molecule has 0 atom stereocenters. The SMILES string of the molecule is CC(C)OC1(CI)CCCCC1. The summed E-state index contributed by atoms with van der Waals surface area (Å²) in [4.78, 5) is 0. The van der Waals surface area contributed by atoms with Crippen LogP contribution >= 0.6 is 22.6 Å². The summed E-state index contributed by atoms with van der Waals surface area (Å²) in [6, 6.07) is 0. The Balaban J connectivity index is 2.48. The predicted molar refractivity (Wildman–Crippen MR) is 60.9 cm³/mol. The van der Waals surface area contributed by atoms with Gasteiger partial charge in [0.15, 0.2) is 0 Å². The van der Waals surface area contributed by atoms with E-state index < -0.39 is 0 Å². The molecule has 0 bridgehead atoms. The lowest BCUT2D eigenvalue weighted by Gasteiger charge is -2.37. The van der Waals surface area contributed by atoms with Gasteiger partial charge in [-0.2, -0.15) is 0 Å². The van der Waals surface area contributed by atoms with Crippen molar-refractivity contribution in [2.24, 2.45) is 0 Å².